The summed E-state index contributed by atoms with van der Waals surface area (Å²) in [5.41, 5.74) is 2.36. The molecular weight excluding hydrogens is 460 g/mol. The van der Waals surface area contributed by atoms with Crippen molar-refractivity contribution in [3.05, 3.63) is 28.8 Å². The van der Waals surface area contributed by atoms with Gasteiger partial charge in [-0.05, 0) is 43.9 Å². The number of hydrogen-bond acceptors (Lipinski definition) is 7. The van der Waals surface area contributed by atoms with E-state index in [-0.39, 0.29) is 17.7 Å². The van der Waals surface area contributed by atoms with E-state index < -0.39 is 0 Å². The standard InChI is InChI=1S/C23H29ClN6O2S/c1-16-6-7-18(24)14-19(16)27-10-12-28(13-11-27)21(32)17-4-2-8-29(15-17)22-25-26-23(33-22)30-9-3-5-20(30)31/h6-7,14,17H,2-5,8-13,15H2,1H3. The van der Waals surface area contributed by atoms with E-state index in [2.05, 4.69) is 26.9 Å². The molecule has 1 aromatic heterocycles. The summed E-state index contributed by atoms with van der Waals surface area (Å²) in [4.78, 5) is 33.6. The average Bonchev–Trinajstić information content (AvgIpc) is 3.49. The first-order valence-corrected chi connectivity index (χ1v) is 12.9. The Morgan fingerprint density at radius 1 is 1.03 bits per heavy atom. The SMILES string of the molecule is Cc1ccc(Cl)cc1N1CCN(C(=O)C2CCCN(c3nnc(N4CCCC4=O)s3)C2)CC1. The molecule has 1 aromatic carbocycles. The Morgan fingerprint density at radius 3 is 2.58 bits per heavy atom. The van der Waals surface area contributed by atoms with Gasteiger partial charge in [0.2, 0.25) is 22.1 Å². The molecule has 1 atom stereocenters. The fourth-order valence-electron chi connectivity index (χ4n) is 5.00. The minimum Gasteiger partial charge on any atom is -0.368 e. The number of hydrogen-bond donors (Lipinski definition) is 0. The second-order valence-corrected chi connectivity index (χ2v) is 10.4. The lowest BCUT2D eigenvalue weighted by molar-refractivity contribution is -0.136. The molecule has 2 aromatic rings. The van der Waals surface area contributed by atoms with E-state index in [0.29, 0.717) is 18.1 Å². The van der Waals surface area contributed by atoms with Crippen molar-refractivity contribution in [3.63, 3.8) is 0 Å². The van der Waals surface area contributed by atoms with E-state index in [1.165, 1.54) is 16.9 Å². The minimum absolute atomic E-state index is 0.0287. The molecule has 0 saturated carbocycles. The Labute approximate surface area is 203 Å². The van der Waals surface area contributed by atoms with Gasteiger partial charge in [-0.3, -0.25) is 14.5 Å². The van der Waals surface area contributed by atoms with Crippen LogP contribution in [0.15, 0.2) is 18.2 Å². The molecule has 8 nitrogen and oxygen atoms in total. The molecule has 0 N–H and O–H groups in total. The number of carbonyl (C=O) groups excluding carboxylic acids is 2. The van der Waals surface area contributed by atoms with Crippen LogP contribution >= 0.6 is 22.9 Å². The highest BCUT2D eigenvalue weighted by molar-refractivity contribution is 7.19. The van der Waals surface area contributed by atoms with Crippen LogP contribution in [0.25, 0.3) is 0 Å². The van der Waals surface area contributed by atoms with Gasteiger partial charge in [-0.1, -0.05) is 29.0 Å². The fraction of sp³-hybridized carbons (Fsp3) is 0.565. The van der Waals surface area contributed by atoms with Gasteiger partial charge in [-0.2, -0.15) is 0 Å². The maximum absolute atomic E-state index is 13.3. The van der Waals surface area contributed by atoms with E-state index in [4.69, 9.17) is 11.6 Å². The normalized spacial score (nSPS) is 21.8. The third kappa shape index (κ3) is 4.66. The minimum atomic E-state index is -0.0287. The molecule has 5 rings (SSSR count). The molecule has 0 bridgehead atoms. The van der Waals surface area contributed by atoms with Crippen molar-refractivity contribution < 1.29 is 9.59 Å². The van der Waals surface area contributed by atoms with E-state index in [1.807, 2.05) is 23.1 Å². The quantitative estimate of drug-likeness (QED) is 0.658. The van der Waals surface area contributed by atoms with Gasteiger partial charge in [0.05, 0.1) is 5.92 Å². The number of piperazine rings is 1. The summed E-state index contributed by atoms with van der Waals surface area (Å²) in [5, 5.41) is 10.8. The van der Waals surface area contributed by atoms with Crippen LogP contribution in [0.3, 0.4) is 0 Å². The molecule has 2 amide bonds. The number of anilines is 3. The van der Waals surface area contributed by atoms with E-state index >= 15 is 0 Å². The molecule has 3 aliphatic heterocycles. The first kappa shape index (κ1) is 22.4. The Bertz CT molecular complexity index is 1040. The van der Waals surface area contributed by atoms with Crippen molar-refractivity contribution in [2.75, 3.05) is 60.5 Å². The van der Waals surface area contributed by atoms with Gasteiger partial charge in [0, 0.05) is 62.9 Å². The highest BCUT2D eigenvalue weighted by atomic mass is 35.5. The molecule has 0 radical (unpaired) electrons. The maximum Gasteiger partial charge on any atom is 0.228 e. The van der Waals surface area contributed by atoms with Crippen LogP contribution in [0.1, 0.15) is 31.2 Å². The number of aromatic nitrogens is 2. The number of piperidine rings is 1. The predicted octanol–water partition coefficient (Wildman–Crippen LogP) is 3.19. The molecule has 33 heavy (non-hydrogen) atoms. The molecule has 4 heterocycles. The van der Waals surface area contributed by atoms with Crippen LogP contribution in [-0.2, 0) is 9.59 Å². The average molecular weight is 489 g/mol. The molecule has 0 spiro atoms. The van der Waals surface area contributed by atoms with Gasteiger partial charge in [0.15, 0.2) is 0 Å². The summed E-state index contributed by atoms with van der Waals surface area (Å²) >= 11 is 7.66. The fourth-order valence-corrected chi connectivity index (χ4v) is 6.09. The molecule has 10 heteroatoms. The van der Waals surface area contributed by atoms with Crippen molar-refractivity contribution in [2.45, 2.75) is 32.6 Å². The number of carbonyl (C=O) groups is 2. The number of aryl methyl sites for hydroxylation is 1. The van der Waals surface area contributed by atoms with Gasteiger partial charge < -0.3 is 14.7 Å². The van der Waals surface area contributed by atoms with Crippen molar-refractivity contribution in [1.82, 2.24) is 15.1 Å². The number of rotatable bonds is 4. The Balaban J connectivity index is 1.19. The van der Waals surface area contributed by atoms with Crippen molar-refractivity contribution in [1.29, 1.82) is 0 Å². The van der Waals surface area contributed by atoms with Crippen molar-refractivity contribution in [3.8, 4) is 0 Å². The molecular formula is C23H29ClN6O2S. The van der Waals surface area contributed by atoms with Crippen LogP contribution in [0.5, 0.6) is 0 Å². The highest BCUT2D eigenvalue weighted by Crippen LogP contribution is 2.33. The van der Waals surface area contributed by atoms with E-state index in [0.717, 1.165) is 74.4 Å². The second-order valence-electron chi connectivity index (χ2n) is 9.04. The number of amides is 2. The summed E-state index contributed by atoms with van der Waals surface area (Å²) in [6, 6.07) is 5.97. The summed E-state index contributed by atoms with van der Waals surface area (Å²) in [6.45, 7) is 7.42. The molecule has 0 aliphatic carbocycles. The monoisotopic (exact) mass is 488 g/mol. The number of halogens is 1. The smallest absolute Gasteiger partial charge is 0.228 e. The maximum atomic E-state index is 13.3. The zero-order valence-corrected chi connectivity index (χ0v) is 20.4. The lowest BCUT2D eigenvalue weighted by atomic mass is 9.96. The zero-order chi connectivity index (χ0) is 22.9. The zero-order valence-electron chi connectivity index (χ0n) is 18.9. The van der Waals surface area contributed by atoms with E-state index in [1.54, 1.807) is 4.90 Å². The number of benzene rings is 1. The largest absolute Gasteiger partial charge is 0.368 e. The lowest BCUT2D eigenvalue weighted by Gasteiger charge is -2.40. The molecule has 3 saturated heterocycles. The topological polar surface area (TPSA) is 72.9 Å². The van der Waals surface area contributed by atoms with Gasteiger partial charge in [-0.15, -0.1) is 10.2 Å². The molecule has 1 unspecified atom stereocenters. The van der Waals surface area contributed by atoms with Crippen LogP contribution in [0.2, 0.25) is 5.02 Å². The van der Waals surface area contributed by atoms with Crippen molar-refractivity contribution in [2.24, 2.45) is 5.92 Å². The van der Waals surface area contributed by atoms with Gasteiger partial charge >= 0.3 is 0 Å². The summed E-state index contributed by atoms with van der Waals surface area (Å²) in [7, 11) is 0. The summed E-state index contributed by atoms with van der Waals surface area (Å²) < 4.78 is 0. The highest BCUT2D eigenvalue weighted by Gasteiger charge is 2.33. The molecule has 3 fully saturated rings. The second kappa shape index (κ2) is 9.46. The van der Waals surface area contributed by atoms with Crippen LogP contribution in [-0.4, -0.2) is 72.7 Å². The Kier molecular flexibility index (Phi) is 6.42. The number of nitrogens with zero attached hydrogens (tertiary/aromatic N) is 6. The van der Waals surface area contributed by atoms with E-state index in [9.17, 15) is 9.59 Å². The van der Waals surface area contributed by atoms with Crippen molar-refractivity contribution >= 4 is 50.7 Å². The predicted molar refractivity (Wildman–Crippen MR) is 131 cm³/mol. The van der Waals surface area contributed by atoms with Crippen LogP contribution in [0, 0.1) is 12.8 Å². The van der Waals surface area contributed by atoms with Gasteiger partial charge in [0.1, 0.15) is 0 Å². The first-order valence-electron chi connectivity index (χ1n) is 11.7. The third-order valence-electron chi connectivity index (χ3n) is 6.85. The summed E-state index contributed by atoms with van der Waals surface area (Å²) in [6.07, 6.45) is 3.31. The Morgan fingerprint density at radius 2 is 1.82 bits per heavy atom. The summed E-state index contributed by atoms with van der Waals surface area (Å²) in [5.74, 6) is 0.331. The Hall–Kier alpha value is -2.39. The molecule has 3 aliphatic rings. The third-order valence-corrected chi connectivity index (χ3v) is 8.09. The van der Waals surface area contributed by atoms with Gasteiger partial charge in [0.25, 0.3) is 0 Å². The lowest BCUT2D eigenvalue weighted by Crippen LogP contribution is -2.52. The van der Waals surface area contributed by atoms with Crippen LogP contribution < -0.4 is 14.7 Å². The first-order chi connectivity index (χ1) is 16.0. The molecule has 176 valence electrons. The van der Waals surface area contributed by atoms with Gasteiger partial charge in [-0.25, -0.2) is 0 Å². The van der Waals surface area contributed by atoms with Crippen LogP contribution in [0.4, 0.5) is 16.0 Å².